The van der Waals surface area contributed by atoms with Crippen molar-refractivity contribution in [2.45, 2.75) is 20.6 Å². The van der Waals surface area contributed by atoms with Crippen LogP contribution in [0.15, 0.2) is 289 Å². The summed E-state index contributed by atoms with van der Waals surface area (Å²) in [6.45, 7) is 0. The third kappa shape index (κ3) is 6.61. The summed E-state index contributed by atoms with van der Waals surface area (Å²) in [5.41, 5.74) is 23.8. The van der Waals surface area contributed by atoms with Gasteiger partial charge in [0.2, 0.25) is 0 Å². The van der Waals surface area contributed by atoms with Crippen LogP contribution in [0.3, 0.4) is 0 Å². The lowest BCUT2D eigenvalue weighted by atomic mass is 9.51. The van der Waals surface area contributed by atoms with Crippen LogP contribution >= 0.6 is 11.8 Å². The van der Waals surface area contributed by atoms with Gasteiger partial charge in [-0.05, 0) is 125 Å². The van der Waals surface area contributed by atoms with Gasteiger partial charge >= 0.3 is 0 Å². The first-order valence-electron chi connectivity index (χ1n) is 25.8. The van der Waals surface area contributed by atoms with Crippen molar-refractivity contribution in [2.75, 3.05) is 0 Å². The minimum atomic E-state index is -0.574. The molecule has 0 unspecified atom stereocenters. The summed E-state index contributed by atoms with van der Waals surface area (Å²) in [6.07, 6.45) is 0. The molecule has 0 saturated heterocycles. The van der Waals surface area contributed by atoms with Crippen molar-refractivity contribution in [2.24, 2.45) is 0 Å². The monoisotopic (exact) mass is 970 g/mol. The maximum Gasteiger partial charge on any atom is 0.160 e. The summed E-state index contributed by atoms with van der Waals surface area (Å²) in [5.74, 6) is 0.682. The lowest BCUT2D eigenvalue weighted by molar-refractivity contribution is 0.605. The molecule has 0 atom stereocenters. The van der Waals surface area contributed by atoms with Crippen LogP contribution in [0.1, 0.15) is 44.5 Å². The average Bonchev–Trinajstić information content (AvgIpc) is 4.06. The van der Waals surface area contributed by atoms with Gasteiger partial charge in [0, 0.05) is 26.5 Å². The first-order chi connectivity index (χ1) is 37.2. The van der Waals surface area contributed by atoms with E-state index in [4.69, 9.17) is 9.97 Å². The quantitative estimate of drug-likeness (QED) is 0.166. The van der Waals surface area contributed by atoms with Gasteiger partial charge in [0.25, 0.3) is 0 Å². The van der Waals surface area contributed by atoms with Crippen molar-refractivity contribution in [3.05, 3.63) is 324 Å². The van der Waals surface area contributed by atoms with E-state index in [1.54, 1.807) is 0 Å². The Hall–Kier alpha value is -9.15. The number of hydrogen-bond acceptors (Lipinski definition) is 3. The smallest absolute Gasteiger partial charge is 0.160 e. The van der Waals surface area contributed by atoms with Gasteiger partial charge in [0.05, 0.1) is 22.2 Å². The molecule has 12 aromatic rings. The fourth-order valence-electron chi connectivity index (χ4n) is 12.8. The van der Waals surface area contributed by atoms with Crippen LogP contribution in [0.4, 0.5) is 0 Å². The van der Waals surface area contributed by atoms with Gasteiger partial charge < -0.3 is 0 Å². The molecule has 3 aliphatic rings. The standard InChI is InChI=1S/C72H46N2S/c1-3-19-47(20-4-1)51-23-17-25-54(43-51)66-46-67(55-26-18-24-52(44-55)48-21-5-2-6-22-48)74-70(73-66)50-39-37-49(38-40-50)53-41-42-57-56-27-7-8-28-58(56)71(65(57)45-53)59-29-9-11-31-61(59)72(62-32-12-10-30-60(62)71)63-33-13-15-35-68(63)75-69-36-16-14-34-64(69)72/h1-46H. The van der Waals surface area contributed by atoms with Crippen molar-refractivity contribution >= 4 is 11.8 Å². The molecule has 3 heteroatoms. The maximum absolute atomic E-state index is 5.34. The zero-order valence-corrected chi connectivity index (χ0v) is 41.7. The number of aromatic nitrogens is 2. The minimum Gasteiger partial charge on any atom is -0.228 e. The zero-order valence-electron chi connectivity index (χ0n) is 40.9. The van der Waals surface area contributed by atoms with Gasteiger partial charge in [-0.3, -0.25) is 0 Å². The van der Waals surface area contributed by atoms with Crippen molar-refractivity contribution in [3.8, 4) is 78.4 Å². The number of fused-ring (bicyclic) bond motifs is 15. The van der Waals surface area contributed by atoms with E-state index in [1.165, 1.54) is 82.1 Å². The van der Waals surface area contributed by atoms with E-state index in [0.717, 1.165) is 44.8 Å². The van der Waals surface area contributed by atoms with Crippen LogP contribution in [-0.2, 0) is 10.8 Å². The second-order valence-electron chi connectivity index (χ2n) is 19.9. The molecular formula is C72H46N2S. The largest absolute Gasteiger partial charge is 0.228 e. The van der Waals surface area contributed by atoms with E-state index in [0.29, 0.717) is 5.82 Å². The fraction of sp³-hybridized carbons (Fsp3) is 0.0278. The van der Waals surface area contributed by atoms with Crippen molar-refractivity contribution in [3.63, 3.8) is 0 Å². The Kier molecular flexibility index (Phi) is 9.98. The van der Waals surface area contributed by atoms with E-state index < -0.39 is 10.8 Å². The molecule has 350 valence electrons. The van der Waals surface area contributed by atoms with E-state index in [-0.39, 0.29) is 0 Å². The van der Waals surface area contributed by atoms with Crippen LogP contribution in [0.5, 0.6) is 0 Å². The molecule has 1 aromatic heterocycles. The molecule has 0 bridgehead atoms. The SMILES string of the molecule is c1ccc(-c2cccc(-c3cc(-c4cccc(-c5ccccc5)c4)nc(-c4ccc(-c5ccc6c(c5)C5(c7ccccc7-6)c6ccccc6C6(c7ccccc7Sc7ccccc76)c6ccccc65)cc4)n3)c2)cc1. The molecule has 2 spiro atoms. The second kappa shape index (κ2) is 17.2. The number of rotatable bonds is 6. The zero-order chi connectivity index (χ0) is 49.5. The molecular weight excluding hydrogens is 925 g/mol. The Morgan fingerprint density at radius 2 is 0.587 bits per heavy atom. The highest BCUT2D eigenvalue weighted by Crippen LogP contribution is 2.67. The molecule has 75 heavy (non-hydrogen) atoms. The highest BCUT2D eigenvalue weighted by Gasteiger charge is 2.58. The predicted octanol–water partition coefficient (Wildman–Crippen LogP) is 18.0. The lowest BCUT2D eigenvalue weighted by Crippen LogP contribution is -2.45. The van der Waals surface area contributed by atoms with E-state index >= 15 is 0 Å². The highest BCUT2D eigenvalue weighted by molar-refractivity contribution is 7.99. The first kappa shape index (κ1) is 43.4. The molecule has 15 rings (SSSR count). The molecule has 0 N–H and O–H groups in total. The Labute approximate surface area is 441 Å². The van der Waals surface area contributed by atoms with Gasteiger partial charge in [-0.1, -0.05) is 254 Å². The molecule has 0 fully saturated rings. The topological polar surface area (TPSA) is 25.8 Å². The number of nitrogens with zero attached hydrogens (tertiary/aromatic N) is 2. The van der Waals surface area contributed by atoms with Crippen LogP contribution < -0.4 is 0 Å². The van der Waals surface area contributed by atoms with Crippen molar-refractivity contribution < 1.29 is 0 Å². The van der Waals surface area contributed by atoms with Gasteiger partial charge in [-0.25, -0.2) is 9.97 Å². The normalized spacial score (nSPS) is 13.8. The number of benzene rings is 11. The predicted molar refractivity (Wildman–Crippen MR) is 308 cm³/mol. The van der Waals surface area contributed by atoms with Gasteiger partial charge in [0.15, 0.2) is 5.82 Å². The highest BCUT2D eigenvalue weighted by atomic mass is 32.2. The van der Waals surface area contributed by atoms with E-state index in [1.807, 2.05) is 11.8 Å². The second-order valence-corrected chi connectivity index (χ2v) is 21.0. The first-order valence-corrected chi connectivity index (χ1v) is 26.6. The molecule has 2 nitrogen and oxygen atoms in total. The summed E-state index contributed by atoms with van der Waals surface area (Å²) in [4.78, 5) is 13.3. The third-order valence-electron chi connectivity index (χ3n) is 16.1. The summed E-state index contributed by atoms with van der Waals surface area (Å²) in [7, 11) is 0. The molecule has 2 aliphatic carbocycles. The molecule has 11 aromatic carbocycles. The Balaban J connectivity index is 0.882. The summed E-state index contributed by atoms with van der Waals surface area (Å²) in [6, 6.07) is 103. The van der Waals surface area contributed by atoms with Gasteiger partial charge in [-0.15, -0.1) is 0 Å². The molecule has 0 amide bonds. The summed E-state index contributed by atoms with van der Waals surface area (Å²) >= 11 is 1.89. The molecule has 1 aliphatic heterocycles. The third-order valence-corrected chi connectivity index (χ3v) is 17.2. The lowest BCUT2D eigenvalue weighted by Gasteiger charge is -2.51. The van der Waals surface area contributed by atoms with Gasteiger partial charge in [0.1, 0.15) is 0 Å². The molecule has 2 heterocycles. The van der Waals surface area contributed by atoms with E-state index in [2.05, 4.69) is 279 Å². The van der Waals surface area contributed by atoms with Crippen LogP contribution in [-0.4, -0.2) is 9.97 Å². The minimum absolute atomic E-state index is 0.517. The fourth-order valence-corrected chi connectivity index (χ4v) is 14.0. The Morgan fingerprint density at radius 3 is 1.12 bits per heavy atom. The maximum atomic E-state index is 5.34. The van der Waals surface area contributed by atoms with Crippen LogP contribution in [0.2, 0.25) is 0 Å². The summed E-state index contributed by atoms with van der Waals surface area (Å²) in [5, 5.41) is 0. The Bertz CT molecular complexity index is 4020. The van der Waals surface area contributed by atoms with Gasteiger partial charge in [-0.2, -0.15) is 0 Å². The summed E-state index contributed by atoms with van der Waals surface area (Å²) < 4.78 is 0. The Morgan fingerprint density at radius 1 is 0.227 bits per heavy atom. The van der Waals surface area contributed by atoms with Crippen LogP contribution in [0.25, 0.3) is 78.4 Å². The van der Waals surface area contributed by atoms with Crippen LogP contribution in [0, 0.1) is 0 Å². The average molecular weight is 971 g/mol. The molecule has 0 saturated carbocycles. The van der Waals surface area contributed by atoms with Crippen molar-refractivity contribution in [1.29, 1.82) is 0 Å². The van der Waals surface area contributed by atoms with Crippen molar-refractivity contribution in [1.82, 2.24) is 9.97 Å². The molecule has 0 radical (unpaired) electrons. The number of hydrogen-bond donors (Lipinski definition) is 0. The van der Waals surface area contributed by atoms with E-state index in [9.17, 15) is 0 Å².